The Balaban J connectivity index is 1.49. The molecule has 132 valence electrons. The van der Waals surface area contributed by atoms with Crippen molar-refractivity contribution >= 4 is 17.5 Å². The van der Waals surface area contributed by atoms with Gasteiger partial charge >= 0.3 is 0 Å². The van der Waals surface area contributed by atoms with Crippen molar-refractivity contribution in [3.8, 4) is 5.69 Å². The van der Waals surface area contributed by atoms with Gasteiger partial charge in [0.1, 0.15) is 0 Å². The van der Waals surface area contributed by atoms with E-state index in [-0.39, 0.29) is 5.78 Å². The second kappa shape index (κ2) is 7.41. The van der Waals surface area contributed by atoms with Crippen LogP contribution in [-0.4, -0.2) is 31.7 Å². The fourth-order valence-electron chi connectivity index (χ4n) is 3.34. The Labute approximate surface area is 156 Å². The molecule has 1 aliphatic rings. The highest BCUT2D eigenvalue weighted by Crippen LogP contribution is 2.24. The van der Waals surface area contributed by atoms with Gasteiger partial charge in [-0.2, -0.15) is 4.68 Å². The molecule has 0 amide bonds. The Kier molecular flexibility index (Phi) is 4.84. The van der Waals surface area contributed by atoms with Gasteiger partial charge in [0.05, 0.1) is 11.4 Å². The molecule has 0 atom stereocenters. The number of carbonyl (C=O) groups excluding carboxylic acids is 1. The van der Waals surface area contributed by atoms with Gasteiger partial charge in [-0.15, -0.1) is 5.10 Å². The minimum atomic E-state index is 0.114. The van der Waals surface area contributed by atoms with Crippen molar-refractivity contribution in [2.75, 3.05) is 5.75 Å². The lowest BCUT2D eigenvalue weighted by atomic mass is 9.90. The van der Waals surface area contributed by atoms with E-state index in [1.165, 1.54) is 35.7 Å². The zero-order chi connectivity index (χ0) is 17.9. The molecular weight excluding hydrogens is 344 g/mol. The molecule has 0 saturated heterocycles. The predicted molar refractivity (Wildman–Crippen MR) is 102 cm³/mol. The fourth-order valence-corrected chi connectivity index (χ4v) is 4.12. The van der Waals surface area contributed by atoms with E-state index in [1.54, 1.807) is 4.68 Å². The molecule has 0 fully saturated rings. The number of aryl methyl sites for hydroxylation is 3. The topological polar surface area (TPSA) is 60.7 Å². The molecule has 1 aromatic heterocycles. The zero-order valence-electron chi connectivity index (χ0n) is 14.7. The number of tetrazole rings is 1. The van der Waals surface area contributed by atoms with Gasteiger partial charge in [-0.3, -0.25) is 4.79 Å². The number of thioether (sulfide) groups is 1. The summed E-state index contributed by atoms with van der Waals surface area (Å²) in [4.78, 5) is 12.6. The number of rotatable bonds is 5. The van der Waals surface area contributed by atoms with Crippen molar-refractivity contribution in [2.45, 2.75) is 37.8 Å². The third kappa shape index (κ3) is 3.42. The van der Waals surface area contributed by atoms with E-state index in [0.717, 1.165) is 29.7 Å². The van der Waals surface area contributed by atoms with Crippen molar-refractivity contribution in [3.05, 3.63) is 64.7 Å². The van der Waals surface area contributed by atoms with Crippen LogP contribution in [0.5, 0.6) is 0 Å². The molecule has 0 bridgehead atoms. The largest absolute Gasteiger partial charge is 0.293 e. The lowest BCUT2D eigenvalue weighted by Crippen LogP contribution is -2.08. The van der Waals surface area contributed by atoms with Gasteiger partial charge in [-0.1, -0.05) is 42.1 Å². The fraction of sp³-hybridized carbons (Fsp3) is 0.300. The normalized spacial score (nSPS) is 13.4. The summed E-state index contributed by atoms with van der Waals surface area (Å²) >= 11 is 1.37. The van der Waals surface area contributed by atoms with E-state index in [2.05, 4.69) is 27.7 Å². The number of aromatic nitrogens is 4. The number of ketones is 1. The predicted octanol–water partition coefficient (Wildman–Crippen LogP) is 3.82. The Morgan fingerprint density at radius 1 is 1.12 bits per heavy atom. The SMILES string of the molecule is Cc1ccccc1-n1nnnc1SCC(=O)c1ccc2c(c1)CCCC2. The number of carbonyl (C=O) groups is 1. The summed E-state index contributed by atoms with van der Waals surface area (Å²) in [6, 6.07) is 14.1. The Bertz CT molecular complexity index is 950. The van der Waals surface area contributed by atoms with Crippen LogP contribution in [0, 0.1) is 6.92 Å². The second-order valence-electron chi connectivity index (χ2n) is 6.56. The first-order valence-electron chi connectivity index (χ1n) is 8.84. The molecule has 1 heterocycles. The van der Waals surface area contributed by atoms with E-state index in [4.69, 9.17) is 0 Å². The van der Waals surface area contributed by atoms with Gasteiger partial charge in [-0.05, 0) is 71.9 Å². The Morgan fingerprint density at radius 3 is 2.77 bits per heavy atom. The Morgan fingerprint density at radius 2 is 1.92 bits per heavy atom. The molecule has 3 aromatic rings. The van der Waals surface area contributed by atoms with Crippen LogP contribution in [-0.2, 0) is 12.8 Å². The maximum absolute atomic E-state index is 12.6. The lowest BCUT2D eigenvalue weighted by molar-refractivity contribution is 0.102. The van der Waals surface area contributed by atoms with Crippen molar-refractivity contribution < 1.29 is 4.79 Å². The summed E-state index contributed by atoms with van der Waals surface area (Å²) in [6.45, 7) is 2.02. The quantitative estimate of drug-likeness (QED) is 0.509. The van der Waals surface area contributed by atoms with Gasteiger partial charge in [0.25, 0.3) is 0 Å². The van der Waals surface area contributed by atoms with Crippen LogP contribution in [0.2, 0.25) is 0 Å². The van der Waals surface area contributed by atoms with Gasteiger partial charge in [0, 0.05) is 5.56 Å². The average molecular weight is 364 g/mol. The number of fused-ring (bicyclic) bond motifs is 1. The van der Waals surface area contributed by atoms with Crippen molar-refractivity contribution in [1.29, 1.82) is 0 Å². The van der Waals surface area contributed by atoms with E-state index >= 15 is 0 Å². The summed E-state index contributed by atoms with van der Waals surface area (Å²) < 4.78 is 1.69. The van der Waals surface area contributed by atoms with Crippen LogP contribution < -0.4 is 0 Å². The van der Waals surface area contributed by atoms with Crippen molar-refractivity contribution in [1.82, 2.24) is 20.2 Å². The summed E-state index contributed by atoms with van der Waals surface area (Å²) in [5.41, 5.74) is 5.53. The molecule has 0 N–H and O–H groups in total. The van der Waals surface area contributed by atoms with E-state index < -0.39 is 0 Å². The number of para-hydroxylation sites is 1. The van der Waals surface area contributed by atoms with Crippen LogP contribution >= 0.6 is 11.8 Å². The lowest BCUT2D eigenvalue weighted by Gasteiger charge is -2.16. The summed E-state index contributed by atoms with van der Waals surface area (Å²) in [5.74, 6) is 0.438. The highest BCUT2D eigenvalue weighted by Gasteiger charge is 2.16. The van der Waals surface area contributed by atoms with Crippen molar-refractivity contribution in [3.63, 3.8) is 0 Å². The van der Waals surface area contributed by atoms with Crippen LogP contribution in [0.25, 0.3) is 5.69 Å². The molecule has 0 saturated carbocycles. The standard InChI is InChI=1S/C20H20N4OS/c1-14-6-2-5-9-18(14)24-20(21-22-23-24)26-13-19(25)17-11-10-15-7-3-4-8-16(15)12-17/h2,5-6,9-12H,3-4,7-8,13H2,1H3. The van der Waals surface area contributed by atoms with Crippen LogP contribution in [0.15, 0.2) is 47.6 Å². The molecule has 6 heteroatoms. The monoisotopic (exact) mass is 364 g/mol. The van der Waals surface area contributed by atoms with Gasteiger partial charge in [-0.25, -0.2) is 0 Å². The van der Waals surface area contributed by atoms with Gasteiger partial charge in [0.15, 0.2) is 5.78 Å². The average Bonchev–Trinajstić information content (AvgIpc) is 3.14. The molecule has 26 heavy (non-hydrogen) atoms. The highest BCUT2D eigenvalue weighted by atomic mass is 32.2. The van der Waals surface area contributed by atoms with Gasteiger partial charge in [0.2, 0.25) is 5.16 Å². The zero-order valence-corrected chi connectivity index (χ0v) is 15.5. The maximum Gasteiger partial charge on any atom is 0.214 e. The number of hydrogen-bond acceptors (Lipinski definition) is 5. The molecule has 0 radical (unpaired) electrons. The number of nitrogens with zero attached hydrogens (tertiary/aromatic N) is 4. The highest BCUT2D eigenvalue weighted by molar-refractivity contribution is 7.99. The first kappa shape index (κ1) is 17.0. The first-order valence-corrected chi connectivity index (χ1v) is 9.83. The molecule has 0 unspecified atom stereocenters. The van der Waals surface area contributed by atoms with E-state index in [0.29, 0.717) is 10.9 Å². The van der Waals surface area contributed by atoms with Gasteiger partial charge < -0.3 is 0 Å². The third-order valence-corrected chi connectivity index (χ3v) is 5.71. The molecule has 4 rings (SSSR count). The van der Waals surface area contributed by atoms with Crippen LogP contribution in [0.3, 0.4) is 0 Å². The van der Waals surface area contributed by atoms with Crippen molar-refractivity contribution in [2.24, 2.45) is 0 Å². The molecule has 1 aliphatic carbocycles. The summed E-state index contributed by atoms with van der Waals surface area (Å²) in [7, 11) is 0. The van der Waals surface area contributed by atoms with E-state index in [1.807, 2.05) is 37.3 Å². The molecule has 0 spiro atoms. The molecule has 0 aliphatic heterocycles. The minimum absolute atomic E-state index is 0.114. The number of hydrogen-bond donors (Lipinski definition) is 0. The molecular formula is C20H20N4OS. The van der Waals surface area contributed by atoms with E-state index in [9.17, 15) is 4.79 Å². The third-order valence-electron chi connectivity index (χ3n) is 4.79. The number of benzene rings is 2. The maximum atomic E-state index is 12.6. The summed E-state index contributed by atoms with van der Waals surface area (Å²) in [5, 5.41) is 12.6. The first-order chi connectivity index (χ1) is 12.7. The molecule has 2 aromatic carbocycles. The molecule has 5 nitrogen and oxygen atoms in total. The second-order valence-corrected chi connectivity index (χ2v) is 7.50. The van der Waals surface area contributed by atoms with Crippen LogP contribution in [0.4, 0.5) is 0 Å². The smallest absolute Gasteiger partial charge is 0.214 e. The Hall–Kier alpha value is -2.47. The number of Topliss-reactive ketones (excluding diaryl/α,β-unsaturated/α-hetero) is 1. The van der Waals surface area contributed by atoms with Crippen LogP contribution in [0.1, 0.15) is 39.9 Å². The summed E-state index contributed by atoms with van der Waals surface area (Å²) in [6.07, 6.45) is 4.67. The minimum Gasteiger partial charge on any atom is -0.293 e.